The van der Waals surface area contributed by atoms with Gasteiger partial charge in [0.15, 0.2) is 0 Å². The van der Waals surface area contributed by atoms with Crippen LogP contribution < -0.4 is 10.2 Å². The zero-order chi connectivity index (χ0) is 18.2. The van der Waals surface area contributed by atoms with Crippen molar-refractivity contribution in [3.63, 3.8) is 0 Å². The zero-order valence-electron chi connectivity index (χ0n) is 14.0. The number of ether oxygens (including phenoxy) is 1. The van der Waals surface area contributed by atoms with Crippen LogP contribution in [0.25, 0.3) is 0 Å². The molecule has 0 bridgehead atoms. The first kappa shape index (κ1) is 18.2. The molecule has 0 radical (unpaired) electrons. The summed E-state index contributed by atoms with van der Waals surface area (Å²) in [7, 11) is 0. The van der Waals surface area contributed by atoms with Crippen LogP contribution in [0, 0.1) is 0 Å². The van der Waals surface area contributed by atoms with Gasteiger partial charge in [0.25, 0.3) is 0 Å². The summed E-state index contributed by atoms with van der Waals surface area (Å²) in [6.45, 7) is 0.807. The molecule has 0 amide bonds. The third-order valence-electron chi connectivity index (χ3n) is 3.70. The molecule has 0 saturated carbocycles. The van der Waals surface area contributed by atoms with Gasteiger partial charge in [0, 0.05) is 10.0 Å². The normalized spacial score (nSPS) is 10.3. The molecule has 0 spiro atoms. The molecule has 0 aromatic heterocycles. The van der Waals surface area contributed by atoms with Crippen LogP contribution in [0.2, 0.25) is 0 Å². The number of benzene rings is 3. The maximum absolute atomic E-state index is 12.0. The predicted octanol–water partition coefficient (Wildman–Crippen LogP) is 4.89. The van der Waals surface area contributed by atoms with Crippen molar-refractivity contribution < 1.29 is 14.4 Å². The van der Waals surface area contributed by atoms with Gasteiger partial charge in [0.05, 0.1) is 12.1 Å². The summed E-state index contributed by atoms with van der Waals surface area (Å²) in [5, 5.41) is 0. The Labute approximate surface area is 160 Å². The average molecular weight is 412 g/mol. The number of carbonyl (C=O) groups is 1. The van der Waals surface area contributed by atoms with Crippen molar-refractivity contribution in [2.24, 2.45) is 0 Å². The molecule has 132 valence electrons. The molecule has 4 nitrogen and oxygen atoms in total. The maximum Gasteiger partial charge on any atom is 0.356 e. The molecule has 3 aromatic rings. The Bertz CT molecular complexity index is 854. The third-order valence-corrected chi connectivity index (χ3v) is 4.19. The molecule has 0 aliphatic carbocycles. The molecule has 3 rings (SSSR count). The monoisotopic (exact) mass is 411 g/mol. The second-order valence-electron chi connectivity index (χ2n) is 5.60. The standard InChI is InChI=1S/C21H18BrNO3/c22-19-11-12-20(25-15-16-7-3-1-4-8-16)18(13-19)14-23-26-21(24)17-9-5-2-6-10-17/h1-13,23H,14-15H2. The van der Waals surface area contributed by atoms with Gasteiger partial charge in [0.2, 0.25) is 0 Å². The van der Waals surface area contributed by atoms with Crippen molar-refractivity contribution in [1.82, 2.24) is 5.48 Å². The number of rotatable bonds is 7. The van der Waals surface area contributed by atoms with E-state index in [1.165, 1.54) is 0 Å². The van der Waals surface area contributed by atoms with Gasteiger partial charge in [-0.05, 0) is 35.9 Å². The number of carbonyl (C=O) groups excluding carboxylic acids is 1. The van der Waals surface area contributed by atoms with E-state index in [1.807, 2.05) is 54.6 Å². The average Bonchev–Trinajstić information content (AvgIpc) is 2.69. The summed E-state index contributed by atoms with van der Waals surface area (Å²) in [6, 6.07) is 24.5. The molecule has 0 atom stereocenters. The van der Waals surface area contributed by atoms with Crippen LogP contribution in [-0.4, -0.2) is 5.97 Å². The van der Waals surface area contributed by atoms with Crippen LogP contribution in [0.3, 0.4) is 0 Å². The van der Waals surface area contributed by atoms with Gasteiger partial charge in [-0.25, -0.2) is 4.79 Å². The Balaban J connectivity index is 1.60. The first-order valence-corrected chi connectivity index (χ1v) is 8.96. The lowest BCUT2D eigenvalue weighted by Gasteiger charge is -2.13. The number of hydroxylamine groups is 1. The van der Waals surface area contributed by atoms with Crippen molar-refractivity contribution >= 4 is 21.9 Å². The second kappa shape index (κ2) is 9.17. The minimum Gasteiger partial charge on any atom is -0.489 e. The Morgan fingerprint density at radius 3 is 2.35 bits per heavy atom. The van der Waals surface area contributed by atoms with Gasteiger partial charge in [-0.3, -0.25) is 0 Å². The van der Waals surface area contributed by atoms with Gasteiger partial charge < -0.3 is 9.57 Å². The van der Waals surface area contributed by atoms with Crippen molar-refractivity contribution in [3.05, 3.63) is 100 Å². The van der Waals surface area contributed by atoms with Gasteiger partial charge in [-0.15, -0.1) is 5.48 Å². The Morgan fingerprint density at radius 1 is 0.923 bits per heavy atom. The number of halogens is 1. The predicted molar refractivity (Wildman–Crippen MR) is 104 cm³/mol. The lowest BCUT2D eigenvalue weighted by atomic mass is 10.2. The quantitative estimate of drug-likeness (QED) is 0.562. The third kappa shape index (κ3) is 5.18. The molecule has 0 aliphatic heterocycles. The van der Waals surface area contributed by atoms with Gasteiger partial charge >= 0.3 is 5.97 Å². The van der Waals surface area contributed by atoms with E-state index in [0.717, 1.165) is 21.3 Å². The summed E-state index contributed by atoms with van der Waals surface area (Å²) in [5.41, 5.74) is 5.18. The van der Waals surface area contributed by atoms with Gasteiger partial charge in [0.1, 0.15) is 12.4 Å². The molecule has 1 N–H and O–H groups in total. The molecule has 0 aliphatic rings. The number of nitrogens with one attached hydrogen (secondary N) is 1. The van der Waals surface area contributed by atoms with E-state index >= 15 is 0 Å². The second-order valence-corrected chi connectivity index (χ2v) is 6.52. The molecule has 0 saturated heterocycles. The highest BCUT2D eigenvalue weighted by Gasteiger charge is 2.09. The molecule has 0 heterocycles. The highest BCUT2D eigenvalue weighted by Crippen LogP contribution is 2.24. The summed E-state index contributed by atoms with van der Waals surface area (Å²) in [4.78, 5) is 17.1. The van der Waals surface area contributed by atoms with Crippen molar-refractivity contribution in [1.29, 1.82) is 0 Å². The first-order valence-electron chi connectivity index (χ1n) is 8.16. The van der Waals surface area contributed by atoms with E-state index in [2.05, 4.69) is 21.4 Å². The Kier molecular flexibility index (Phi) is 6.41. The van der Waals surface area contributed by atoms with Gasteiger partial charge in [-0.1, -0.05) is 64.5 Å². The van der Waals surface area contributed by atoms with E-state index in [-0.39, 0.29) is 0 Å². The maximum atomic E-state index is 12.0. The summed E-state index contributed by atoms with van der Waals surface area (Å²) >= 11 is 3.46. The minimum atomic E-state index is -0.424. The summed E-state index contributed by atoms with van der Waals surface area (Å²) in [6.07, 6.45) is 0. The molecule has 5 heteroatoms. The first-order chi connectivity index (χ1) is 12.7. The van der Waals surface area contributed by atoms with E-state index in [4.69, 9.17) is 9.57 Å². The fraction of sp³-hybridized carbons (Fsp3) is 0.0952. The molecule has 26 heavy (non-hydrogen) atoms. The van der Waals surface area contributed by atoms with Crippen LogP contribution >= 0.6 is 15.9 Å². The van der Waals surface area contributed by atoms with Crippen molar-refractivity contribution in [2.75, 3.05) is 0 Å². The minimum absolute atomic E-state index is 0.335. The lowest BCUT2D eigenvalue weighted by Crippen LogP contribution is -2.20. The van der Waals surface area contributed by atoms with Crippen LogP contribution in [0.4, 0.5) is 0 Å². The van der Waals surface area contributed by atoms with Crippen LogP contribution in [0.5, 0.6) is 5.75 Å². The SMILES string of the molecule is O=C(ONCc1cc(Br)ccc1OCc1ccccc1)c1ccccc1. The summed E-state index contributed by atoms with van der Waals surface area (Å²) < 4.78 is 6.85. The van der Waals surface area contributed by atoms with Gasteiger partial charge in [-0.2, -0.15) is 0 Å². The van der Waals surface area contributed by atoms with Crippen LogP contribution in [0.1, 0.15) is 21.5 Å². The highest BCUT2D eigenvalue weighted by atomic mass is 79.9. The Morgan fingerprint density at radius 2 is 1.62 bits per heavy atom. The molecule has 0 unspecified atom stereocenters. The highest BCUT2D eigenvalue weighted by molar-refractivity contribution is 9.10. The largest absolute Gasteiger partial charge is 0.489 e. The summed E-state index contributed by atoms with van der Waals surface area (Å²) in [5.74, 6) is 0.313. The molecular formula is C21H18BrNO3. The van der Waals surface area contributed by atoms with E-state index in [1.54, 1.807) is 24.3 Å². The molecule has 3 aromatic carbocycles. The van der Waals surface area contributed by atoms with Crippen LogP contribution in [0.15, 0.2) is 83.3 Å². The topological polar surface area (TPSA) is 47.6 Å². The van der Waals surface area contributed by atoms with Crippen LogP contribution in [-0.2, 0) is 18.0 Å². The van der Waals surface area contributed by atoms with E-state index < -0.39 is 5.97 Å². The molecule has 0 fully saturated rings. The lowest BCUT2D eigenvalue weighted by molar-refractivity contribution is 0.0235. The fourth-order valence-electron chi connectivity index (χ4n) is 2.37. The van der Waals surface area contributed by atoms with Crippen molar-refractivity contribution in [2.45, 2.75) is 13.2 Å². The molecular weight excluding hydrogens is 394 g/mol. The zero-order valence-corrected chi connectivity index (χ0v) is 15.6. The number of hydrogen-bond acceptors (Lipinski definition) is 4. The van der Waals surface area contributed by atoms with Crippen molar-refractivity contribution in [3.8, 4) is 5.75 Å². The smallest absolute Gasteiger partial charge is 0.356 e. The van der Waals surface area contributed by atoms with E-state index in [9.17, 15) is 4.79 Å². The Hall–Kier alpha value is -2.63. The fourth-order valence-corrected chi connectivity index (χ4v) is 2.78. The number of hydrogen-bond donors (Lipinski definition) is 1. The van der Waals surface area contributed by atoms with E-state index in [0.29, 0.717) is 18.7 Å².